The Balaban J connectivity index is 1.60. The fraction of sp³-hybridized carbons (Fsp3) is 0.632. The number of aromatic nitrogens is 4. The second kappa shape index (κ2) is 7.80. The molecule has 2 aromatic rings. The van der Waals surface area contributed by atoms with E-state index in [-0.39, 0.29) is 0 Å². The molecule has 0 spiro atoms. The molecule has 0 aliphatic heterocycles. The lowest BCUT2D eigenvalue weighted by molar-refractivity contribution is 0.410. The Bertz CT molecular complexity index is 761. The van der Waals surface area contributed by atoms with Crippen LogP contribution in [0, 0.1) is 12.8 Å². The van der Waals surface area contributed by atoms with Gasteiger partial charge in [-0.3, -0.25) is 0 Å². The zero-order chi connectivity index (χ0) is 18.1. The first-order valence-corrected chi connectivity index (χ1v) is 11.1. The molecule has 0 bridgehead atoms. The van der Waals surface area contributed by atoms with Crippen LogP contribution in [0.3, 0.4) is 0 Å². The van der Waals surface area contributed by atoms with Gasteiger partial charge < -0.3 is 15.6 Å². The molecule has 2 aromatic heterocycles. The molecule has 2 saturated carbocycles. The van der Waals surface area contributed by atoms with Crippen molar-refractivity contribution in [2.45, 2.75) is 68.5 Å². The summed E-state index contributed by atoms with van der Waals surface area (Å²) < 4.78 is 3.22. The third kappa shape index (κ3) is 4.03. The number of aryl methyl sites for hydroxylation is 1. The summed E-state index contributed by atoms with van der Waals surface area (Å²) in [6, 6.07) is 0.775. The molecule has 3 N–H and O–H groups in total. The van der Waals surface area contributed by atoms with Gasteiger partial charge in [0.15, 0.2) is 0 Å². The number of anilines is 1. The second-order valence-electron chi connectivity index (χ2n) is 7.70. The molecule has 6 nitrogen and oxygen atoms in total. The van der Waals surface area contributed by atoms with Gasteiger partial charge in [-0.05, 0) is 51.4 Å². The van der Waals surface area contributed by atoms with Gasteiger partial charge in [0.25, 0.3) is 0 Å². The zero-order valence-electron chi connectivity index (χ0n) is 15.3. The Morgan fingerprint density at radius 3 is 2.62 bits per heavy atom. The zero-order valence-corrected chi connectivity index (χ0v) is 17.4. The van der Waals surface area contributed by atoms with E-state index in [9.17, 15) is 0 Å². The molecule has 0 amide bonds. The van der Waals surface area contributed by atoms with Crippen molar-refractivity contribution in [2.75, 3.05) is 5.32 Å². The first kappa shape index (κ1) is 18.2. The van der Waals surface area contributed by atoms with Crippen LogP contribution >= 0.6 is 22.6 Å². The maximum atomic E-state index is 6.02. The molecular weight excluding hydrogens is 439 g/mol. The number of alkyl halides is 1. The number of hydrogen-bond acceptors (Lipinski definition) is 5. The molecule has 0 saturated heterocycles. The van der Waals surface area contributed by atoms with Gasteiger partial charge in [-0.15, -0.1) is 0 Å². The molecular formula is C19H27IN6. The number of hydrogen-bond donors (Lipinski definition) is 2. The van der Waals surface area contributed by atoms with Crippen molar-refractivity contribution in [3.63, 3.8) is 0 Å². The van der Waals surface area contributed by atoms with E-state index in [4.69, 9.17) is 10.7 Å². The lowest BCUT2D eigenvalue weighted by Gasteiger charge is -2.27. The normalized spacial score (nSPS) is 23.2. The molecule has 0 unspecified atom stereocenters. The van der Waals surface area contributed by atoms with E-state index in [0.717, 1.165) is 65.7 Å². The topological polar surface area (TPSA) is 81.7 Å². The number of imidazole rings is 1. The van der Waals surface area contributed by atoms with Crippen molar-refractivity contribution in [1.29, 1.82) is 0 Å². The summed E-state index contributed by atoms with van der Waals surface area (Å²) in [4.78, 5) is 14.0. The van der Waals surface area contributed by atoms with Crippen LogP contribution in [-0.4, -0.2) is 31.6 Å². The highest BCUT2D eigenvalue weighted by molar-refractivity contribution is 14.1. The van der Waals surface area contributed by atoms with Gasteiger partial charge in [-0.1, -0.05) is 22.6 Å². The number of nitrogens with two attached hydrogens (primary N) is 1. The summed E-state index contributed by atoms with van der Waals surface area (Å²) in [5, 5.41) is 3.53. The summed E-state index contributed by atoms with van der Waals surface area (Å²) in [6.07, 6.45) is 10.9. The quantitative estimate of drug-likeness (QED) is 0.502. The molecule has 140 valence electrons. The van der Waals surface area contributed by atoms with Crippen molar-refractivity contribution >= 4 is 28.5 Å². The van der Waals surface area contributed by atoms with E-state index in [1.165, 1.54) is 18.4 Å². The van der Waals surface area contributed by atoms with Crippen LogP contribution in [0.5, 0.6) is 0 Å². The van der Waals surface area contributed by atoms with Crippen LogP contribution in [0.4, 0.5) is 5.95 Å². The fourth-order valence-corrected chi connectivity index (χ4v) is 4.25. The molecule has 0 atom stereocenters. The maximum Gasteiger partial charge on any atom is 0.223 e. The SMILES string of the molecule is Cc1ncc(-c2nc(NC3CCC(N)CC3)ncc2CI)n1CC1CC1. The Morgan fingerprint density at radius 2 is 1.92 bits per heavy atom. The Morgan fingerprint density at radius 1 is 1.15 bits per heavy atom. The summed E-state index contributed by atoms with van der Waals surface area (Å²) in [5.74, 6) is 2.60. The predicted octanol–water partition coefficient (Wildman–Crippen LogP) is 3.68. The molecule has 2 heterocycles. The molecule has 4 rings (SSSR count). The van der Waals surface area contributed by atoms with Gasteiger partial charge in [0, 0.05) is 34.8 Å². The first-order chi connectivity index (χ1) is 12.6. The van der Waals surface area contributed by atoms with E-state index in [2.05, 4.69) is 49.4 Å². The van der Waals surface area contributed by atoms with Crippen molar-refractivity contribution in [2.24, 2.45) is 11.7 Å². The lowest BCUT2D eigenvalue weighted by Crippen LogP contribution is -2.33. The lowest BCUT2D eigenvalue weighted by atomic mass is 9.92. The van der Waals surface area contributed by atoms with Crippen molar-refractivity contribution in [3.8, 4) is 11.4 Å². The molecule has 2 fully saturated rings. The smallest absolute Gasteiger partial charge is 0.223 e. The molecule has 26 heavy (non-hydrogen) atoms. The van der Waals surface area contributed by atoms with Gasteiger partial charge in [0.2, 0.25) is 5.95 Å². The van der Waals surface area contributed by atoms with Crippen LogP contribution in [0.1, 0.15) is 49.9 Å². The van der Waals surface area contributed by atoms with Crippen LogP contribution in [-0.2, 0) is 11.0 Å². The Kier molecular flexibility index (Phi) is 5.45. The second-order valence-corrected chi connectivity index (χ2v) is 8.46. The highest BCUT2D eigenvalue weighted by Gasteiger charge is 2.25. The highest BCUT2D eigenvalue weighted by atomic mass is 127. The van der Waals surface area contributed by atoms with Gasteiger partial charge in [-0.25, -0.2) is 15.0 Å². The Hall–Kier alpha value is -1.22. The van der Waals surface area contributed by atoms with Gasteiger partial charge in [0.1, 0.15) is 5.82 Å². The van der Waals surface area contributed by atoms with Gasteiger partial charge in [-0.2, -0.15) is 0 Å². The molecule has 2 aliphatic rings. The third-order valence-electron chi connectivity index (χ3n) is 5.55. The van der Waals surface area contributed by atoms with Crippen LogP contribution in [0.2, 0.25) is 0 Å². The average Bonchev–Trinajstić information content (AvgIpc) is 3.40. The minimum Gasteiger partial charge on any atom is -0.351 e. The largest absolute Gasteiger partial charge is 0.351 e. The predicted molar refractivity (Wildman–Crippen MR) is 112 cm³/mol. The van der Waals surface area contributed by atoms with Gasteiger partial charge in [0.05, 0.1) is 17.6 Å². The minimum atomic E-state index is 0.352. The molecule has 7 heteroatoms. The molecule has 2 aliphatic carbocycles. The number of nitrogens with one attached hydrogen (secondary N) is 1. The summed E-state index contributed by atoms with van der Waals surface area (Å²) in [5.41, 5.74) is 9.33. The number of rotatable bonds is 6. The van der Waals surface area contributed by atoms with Crippen LogP contribution in [0.25, 0.3) is 11.4 Å². The van der Waals surface area contributed by atoms with Crippen LogP contribution in [0.15, 0.2) is 12.4 Å². The van der Waals surface area contributed by atoms with E-state index < -0.39 is 0 Å². The fourth-order valence-electron chi connectivity index (χ4n) is 3.69. The van der Waals surface area contributed by atoms with Crippen LogP contribution < -0.4 is 11.1 Å². The first-order valence-electron chi connectivity index (χ1n) is 9.60. The minimum absolute atomic E-state index is 0.352. The summed E-state index contributed by atoms with van der Waals surface area (Å²) in [6.45, 7) is 3.14. The summed E-state index contributed by atoms with van der Waals surface area (Å²) >= 11 is 2.39. The van der Waals surface area contributed by atoms with Gasteiger partial charge >= 0.3 is 0 Å². The third-order valence-corrected chi connectivity index (χ3v) is 6.37. The van der Waals surface area contributed by atoms with E-state index in [1.54, 1.807) is 0 Å². The Labute approximate surface area is 168 Å². The van der Waals surface area contributed by atoms with E-state index in [0.29, 0.717) is 12.1 Å². The van der Waals surface area contributed by atoms with E-state index in [1.807, 2.05) is 12.4 Å². The molecule has 0 aromatic carbocycles. The monoisotopic (exact) mass is 466 g/mol. The number of halogens is 1. The maximum absolute atomic E-state index is 6.02. The number of nitrogens with zero attached hydrogens (tertiary/aromatic N) is 4. The molecule has 0 radical (unpaired) electrons. The van der Waals surface area contributed by atoms with Crippen molar-refractivity contribution < 1.29 is 0 Å². The highest BCUT2D eigenvalue weighted by Crippen LogP contribution is 2.34. The average molecular weight is 466 g/mol. The standard InChI is InChI=1S/C19H27IN6/c1-12-22-10-17(26(12)11-13-2-3-13)18-14(8-20)9-23-19(25-18)24-16-6-4-15(21)5-7-16/h9-10,13,15-16H,2-8,11,21H2,1H3,(H,23,24,25). The van der Waals surface area contributed by atoms with Crippen molar-refractivity contribution in [1.82, 2.24) is 19.5 Å². The van der Waals surface area contributed by atoms with E-state index >= 15 is 0 Å². The van der Waals surface area contributed by atoms with Crippen molar-refractivity contribution in [3.05, 3.63) is 23.8 Å². The summed E-state index contributed by atoms with van der Waals surface area (Å²) in [7, 11) is 0.